The second-order valence-corrected chi connectivity index (χ2v) is 3.11. The van der Waals surface area contributed by atoms with Crippen LogP contribution >= 0.6 is 11.6 Å². The molecule has 0 aliphatic heterocycles. The number of aromatic hydroxyl groups is 1. The van der Waals surface area contributed by atoms with Gasteiger partial charge in [-0.05, 0) is 18.2 Å². The molecule has 0 saturated carbocycles. The number of halogens is 1. The average molecular weight is 197 g/mol. The average Bonchev–Trinajstić information content (AvgIpc) is 2.09. The zero-order valence-corrected chi connectivity index (χ0v) is 7.62. The van der Waals surface area contributed by atoms with Gasteiger partial charge in [-0.15, -0.1) is 0 Å². The Morgan fingerprint density at radius 1 is 1.62 bits per heavy atom. The first-order valence-electron chi connectivity index (χ1n) is 3.76. The van der Waals surface area contributed by atoms with Crippen LogP contribution in [0.5, 0.6) is 5.75 Å². The van der Waals surface area contributed by atoms with Crippen LogP contribution in [0.4, 0.5) is 0 Å². The monoisotopic (exact) mass is 196 g/mol. The maximum absolute atomic E-state index is 9.38. The molecule has 0 aromatic heterocycles. The first-order valence-corrected chi connectivity index (χ1v) is 4.14. The Hall–Kier alpha value is -1.24. The van der Waals surface area contributed by atoms with Crippen molar-refractivity contribution in [3.63, 3.8) is 0 Å². The first-order chi connectivity index (χ1) is 6.15. The molecule has 0 amide bonds. The van der Waals surface area contributed by atoms with E-state index in [1.165, 1.54) is 6.07 Å². The molecule has 0 aliphatic carbocycles. The van der Waals surface area contributed by atoms with Gasteiger partial charge in [0.1, 0.15) is 5.75 Å². The minimum Gasteiger partial charge on any atom is -0.508 e. The second-order valence-electron chi connectivity index (χ2n) is 2.67. The van der Waals surface area contributed by atoms with Crippen LogP contribution in [-0.4, -0.2) is 5.11 Å². The highest BCUT2D eigenvalue weighted by Gasteiger charge is 2.10. The molecule has 0 unspecified atom stereocenters. The molecule has 13 heavy (non-hydrogen) atoms. The normalized spacial score (nSPS) is 12.1. The van der Waals surface area contributed by atoms with Crippen molar-refractivity contribution in [1.82, 2.24) is 0 Å². The van der Waals surface area contributed by atoms with Gasteiger partial charge in [0.25, 0.3) is 0 Å². The van der Waals surface area contributed by atoms with Gasteiger partial charge in [-0.25, -0.2) is 0 Å². The van der Waals surface area contributed by atoms with Gasteiger partial charge < -0.3 is 10.8 Å². The predicted octanol–water partition coefficient (Wildman–Crippen LogP) is 1.96. The maximum Gasteiger partial charge on any atom is 0.120 e. The Morgan fingerprint density at radius 2 is 2.31 bits per heavy atom. The van der Waals surface area contributed by atoms with E-state index < -0.39 is 6.04 Å². The third-order valence-electron chi connectivity index (χ3n) is 1.70. The summed E-state index contributed by atoms with van der Waals surface area (Å²) >= 11 is 5.71. The zero-order valence-electron chi connectivity index (χ0n) is 6.87. The molecule has 0 bridgehead atoms. The van der Waals surface area contributed by atoms with E-state index in [2.05, 4.69) is 0 Å². The molecule has 1 aromatic carbocycles. The van der Waals surface area contributed by atoms with Crippen LogP contribution in [0.15, 0.2) is 18.2 Å². The van der Waals surface area contributed by atoms with Crippen LogP contribution in [0.25, 0.3) is 0 Å². The topological polar surface area (TPSA) is 70.0 Å². The highest BCUT2D eigenvalue weighted by atomic mass is 35.5. The molecule has 1 atom stereocenters. The second kappa shape index (κ2) is 4.13. The van der Waals surface area contributed by atoms with Gasteiger partial charge in [-0.3, -0.25) is 0 Å². The molecule has 0 fully saturated rings. The van der Waals surface area contributed by atoms with Crippen molar-refractivity contribution in [1.29, 1.82) is 5.26 Å². The van der Waals surface area contributed by atoms with Gasteiger partial charge in [0.2, 0.25) is 0 Å². The number of nitriles is 1. The SMILES string of the molecule is N#CC[C@@H](N)c1cc(Cl)ccc1O. The molecule has 4 heteroatoms. The number of hydrogen-bond donors (Lipinski definition) is 2. The number of phenols is 1. The van der Waals surface area contributed by atoms with Crippen LogP contribution in [0.2, 0.25) is 5.02 Å². The van der Waals surface area contributed by atoms with Gasteiger partial charge in [0, 0.05) is 16.6 Å². The lowest BCUT2D eigenvalue weighted by molar-refractivity contribution is 0.462. The van der Waals surface area contributed by atoms with Crippen molar-refractivity contribution in [2.45, 2.75) is 12.5 Å². The number of nitrogens with zero attached hydrogens (tertiary/aromatic N) is 1. The molecule has 0 radical (unpaired) electrons. The summed E-state index contributed by atoms with van der Waals surface area (Å²) in [6, 6.07) is 6.06. The molecule has 1 aromatic rings. The van der Waals surface area contributed by atoms with Crippen molar-refractivity contribution >= 4 is 11.6 Å². The molecule has 3 N–H and O–H groups in total. The van der Waals surface area contributed by atoms with E-state index in [0.29, 0.717) is 10.6 Å². The molecule has 0 saturated heterocycles. The van der Waals surface area contributed by atoms with Crippen molar-refractivity contribution < 1.29 is 5.11 Å². The highest BCUT2D eigenvalue weighted by molar-refractivity contribution is 6.30. The van der Waals surface area contributed by atoms with E-state index in [4.69, 9.17) is 22.6 Å². The molecular weight excluding hydrogens is 188 g/mol. The summed E-state index contributed by atoms with van der Waals surface area (Å²) in [4.78, 5) is 0. The van der Waals surface area contributed by atoms with Gasteiger partial charge in [-0.2, -0.15) is 5.26 Å². The lowest BCUT2D eigenvalue weighted by Crippen LogP contribution is -2.09. The van der Waals surface area contributed by atoms with E-state index in [9.17, 15) is 5.11 Å². The largest absolute Gasteiger partial charge is 0.508 e. The van der Waals surface area contributed by atoms with Crippen molar-refractivity contribution in [3.8, 4) is 11.8 Å². The summed E-state index contributed by atoms with van der Waals surface area (Å²) in [7, 11) is 0. The lowest BCUT2D eigenvalue weighted by Gasteiger charge is -2.09. The molecule has 0 spiro atoms. The molecule has 0 aliphatic rings. The number of benzene rings is 1. The summed E-state index contributed by atoms with van der Waals surface area (Å²) < 4.78 is 0. The van der Waals surface area contributed by atoms with Gasteiger partial charge in [0.05, 0.1) is 12.5 Å². The number of nitrogens with two attached hydrogens (primary N) is 1. The van der Waals surface area contributed by atoms with E-state index in [0.717, 1.165) is 0 Å². The van der Waals surface area contributed by atoms with Crippen LogP contribution in [0, 0.1) is 11.3 Å². The highest BCUT2D eigenvalue weighted by Crippen LogP contribution is 2.27. The van der Waals surface area contributed by atoms with Crippen LogP contribution in [0.3, 0.4) is 0 Å². The Kier molecular flexibility index (Phi) is 3.13. The minimum atomic E-state index is -0.483. The summed E-state index contributed by atoms with van der Waals surface area (Å²) in [6.07, 6.45) is 0.161. The Bertz CT molecular complexity index is 346. The fourth-order valence-electron chi connectivity index (χ4n) is 1.03. The number of phenolic OH excluding ortho intramolecular Hbond substituents is 1. The number of rotatable bonds is 2. The predicted molar refractivity (Wildman–Crippen MR) is 50.3 cm³/mol. The first kappa shape index (κ1) is 9.85. The molecule has 68 valence electrons. The molecule has 1 rings (SSSR count). The van der Waals surface area contributed by atoms with Crippen LogP contribution < -0.4 is 5.73 Å². The Morgan fingerprint density at radius 3 is 2.92 bits per heavy atom. The van der Waals surface area contributed by atoms with E-state index in [1.807, 2.05) is 6.07 Å². The van der Waals surface area contributed by atoms with Crippen LogP contribution in [-0.2, 0) is 0 Å². The molecule has 0 heterocycles. The smallest absolute Gasteiger partial charge is 0.120 e. The standard InChI is InChI=1S/C9H9ClN2O/c10-6-1-2-9(13)7(5-6)8(12)3-4-11/h1-2,5,8,13H,3,12H2/t8-/m1/s1. The molecule has 3 nitrogen and oxygen atoms in total. The summed E-state index contributed by atoms with van der Waals surface area (Å²) in [5.41, 5.74) is 6.14. The van der Waals surface area contributed by atoms with Crippen molar-refractivity contribution in [2.24, 2.45) is 5.73 Å². The van der Waals surface area contributed by atoms with E-state index in [-0.39, 0.29) is 12.2 Å². The summed E-state index contributed by atoms with van der Waals surface area (Å²) in [5, 5.41) is 18.3. The van der Waals surface area contributed by atoms with Gasteiger partial charge >= 0.3 is 0 Å². The van der Waals surface area contributed by atoms with Crippen molar-refractivity contribution in [3.05, 3.63) is 28.8 Å². The van der Waals surface area contributed by atoms with E-state index in [1.54, 1.807) is 12.1 Å². The fourth-order valence-corrected chi connectivity index (χ4v) is 1.21. The van der Waals surface area contributed by atoms with Gasteiger partial charge in [-0.1, -0.05) is 11.6 Å². The zero-order chi connectivity index (χ0) is 9.84. The quantitative estimate of drug-likeness (QED) is 0.760. The third-order valence-corrected chi connectivity index (χ3v) is 1.94. The minimum absolute atomic E-state index is 0.0761. The van der Waals surface area contributed by atoms with Gasteiger partial charge in [0.15, 0.2) is 0 Å². The lowest BCUT2D eigenvalue weighted by atomic mass is 10.0. The molecular formula is C9H9ClN2O. The van der Waals surface area contributed by atoms with Crippen molar-refractivity contribution in [2.75, 3.05) is 0 Å². The maximum atomic E-state index is 9.38. The third kappa shape index (κ3) is 2.35. The van der Waals surface area contributed by atoms with Crippen LogP contribution in [0.1, 0.15) is 18.0 Å². The van der Waals surface area contributed by atoms with E-state index >= 15 is 0 Å². The fraction of sp³-hybridized carbons (Fsp3) is 0.222. The summed E-state index contributed by atoms with van der Waals surface area (Å²) in [6.45, 7) is 0. The summed E-state index contributed by atoms with van der Waals surface area (Å²) in [5.74, 6) is 0.0761. The number of hydrogen-bond acceptors (Lipinski definition) is 3. The Balaban J connectivity index is 3.00. The Labute approximate surface area is 81.4 Å².